The molecule has 0 aromatic heterocycles. The molecule has 128 valence electrons. The topological polar surface area (TPSA) is 32.3 Å². The van der Waals surface area contributed by atoms with E-state index in [1.165, 1.54) is 23.6 Å². The Hall–Kier alpha value is -1.87. The molecule has 1 fully saturated rings. The molecule has 0 bridgehead atoms. The van der Waals surface area contributed by atoms with Crippen molar-refractivity contribution in [1.29, 1.82) is 0 Å². The van der Waals surface area contributed by atoms with E-state index >= 15 is 0 Å². The Morgan fingerprint density at radius 1 is 1.00 bits per heavy atom. The van der Waals surface area contributed by atoms with Crippen LogP contribution in [0, 0.1) is 5.92 Å². The van der Waals surface area contributed by atoms with Gasteiger partial charge in [0.2, 0.25) is 5.91 Å². The zero-order valence-corrected chi connectivity index (χ0v) is 15.0. The molecule has 3 rings (SSSR count). The van der Waals surface area contributed by atoms with Gasteiger partial charge in [-0.2, -0.15) is 0 Å². The number of nitrogens with zero attached hydrogens (tertiary/aromatic N) is 1. The van der Waals surface area contributed by atoms with Crippen molar-refractivity contribution in [2.45, 2.75) is 45.7 Å². The smallest absolute Gasteiger partial charge is 0.238 e. The summed E-state index contributed by atoms with van der Waals surface area (Å²) in [6.07, 6.45) is 2.41. The molecular weight excluding hydrogens is 296 g/mol. The summed E-state index contributed by atoms with van der Waals surface area (Å²) in [6, 6.07) is 14.8. The van der Waals surface area contributed by atoms with Gasteiger partial charge < -0.3 is 5.32 Å². The SMILES string of the molecule is CC(C)[C@H](C(=O)N[C@@H](C)c1ccc2ccccc2c1)N1CCCC1. The van der Waals surface area contributed by atoms with E-state index in [1.54, 1.807) is 0 Å². The summed E-state index contributed by atoms with van der Waals surface area (Å²) in [7, 11) is 0. The fourth-order valence-electron chi connectivity index (χ4n) is 3.77. The molecule has 0 aliphatic carbocycles. The fourth-order valence-corrected chi connectivity index (χ4v) is 3.77. The molecule has 3 heteroatoms. The summed E-state index contributed by atoms with van der Waals surface area (Å²) < 4.78 is 0. The predicted octanol–water partition coefficient (Wildman–Crippen LogP) is 4.14. The first-order valence-electron chi connectivity index (χ1n) is 9.09. The second-order valence-corrected chi connectivity index (χ2v) is 7.27. The van der Waals surface area contributed by atoms with E-state index in [1.807, 2.05) is 0 Å². The summed E-state index contributed by atoms with van der Waals surface area (Å²) in [6.45, 7) is 8.44. The number of fused-ring (bicyclic) bond motifs is 1. The minimum Gasteiger partial charge on any atom is -0.348 e. The summed E-state index contributed by atoms with van der Waals surface area (Å²) in [5.41, 5.74) is 1.16. The number of likely N-dealkylation sites (tertiary alicyclic amines) is 1. The fraction of sp³-hybridized carbons (Fsp3) is 0.476. The molecule has 3 nitrogen and oxygen atoms in total. The van der Waals surface area contributed by atoms with Crippen LogP contribution in [0.1, 0.15) is 45.2 Å². The van der Waals surface area contributed by atoms with Crippen LogP contribution in [0.5, 0.6) is 0 Å². The molecular formula is C21H28N2O. The van der Waals surface area contributed by atoms with Crippen molar-refractivity contribution in [1.82, 2.24) is 10.2 Å². The Labute approximate surface area is 145 Å². The third kappa shape index (κ3) is 3.62. The van der Waals surface area contributed by atoms with Gasteiger partial charge in [0.15, 0.2) is 0 Å². The van der Waals surface area contributed by atoms with Gasteiger partial charge in [-0.1, -0.05) is 50.2 Å². The number of amides is 1. The molecule has 1 aliphatic rings. The molecule has 2 aromatic rings. The van der Waals surface area contributed by atoms with Crippen LogP contribution in [0.3, 0.4) is 0 Å². The van der Waals surface area contributed by atoms with Crippen LogP contribution in [-0.4, -0.2) is 29.9 Å². The normalized spacial score (nSPS) is 18.0. The van der Waals surface area contributed by atoms with E-state index in [2.05, 4.69) is 73.5 Å². The van der Waals surface area contributed by atoms with E-state index in [0.717, 1.165) is 18.7 Å². The first-order chi connectivity index (χ1) is 11.6. The van der Waals surface area contributed by atoms with Gasteiger partial charge in [-0.05, 0) is 61.2 Å². The van der Waals surface area contributed by atoms with Crippen LogP contribution >= 0.6 is 0 Å². The maximum absolute atomic E-state index is 12.9. The Morgan fingerprint density at radius 2 is 1.67 bits per heavy atom. The Kier molecular flexibility index (Phi) is 5.20. The zero-order valence-electron chi connectivity index (χ0n) is 15.0. The molecule has 1 saturated heterocycles. The van der Waals surface area contributed by atoms with Crippen LogP contribution < -0.4 is 5.32 Å². The van der Waals surface area contributed by atoms with Gasteiger partial charge in [0.1, 0.15) is 0 Å². The van der Waals surface area contributed by atoms with Gasteiger partial charge >= 0.3 is 0 Å². The zero-order chi connectivity index (χ0) is 17.1. The van der Waals surface area contributed by atoms with Crippen molar-refractivity contribution in [3.8, 4) is 0 Å². The molecule has 0 unspecified atom stereocenters. The predicted molar refractivity (Wildman–Crippen MR) is 99.9 cm³/mol. The molecule has 1 aliphatic heterocycles. The average molecular weight is 324 g/mol. The number of carbonyl (C=O) groups is 1. The second kappa shape index (κ2) is 7.35. The lowest BCUT2D eigenvalue weighted by Gasteiger charge is -2.31. The minimum absolute atomic E-state index is 0.0181. The third-order valence-electron chi connectivity index (χ3n) is 5.07. The molecule has 0 saturated carbocycles. The molecule has 1 N–H and O–H groups in total. The highest BCUT2D eigenvalue weighted by Crippen LogP contribution is 2.22. The highest BCUT2D eigenvalue weighted by molar-refractivity contribution is 5.84. The Bertz CT molecular complexity index is 704. The molecule has 1 heterocycles. The quantitative estimate of drug-likeness (QED) is 0.896. The van der Waals surface area contributed by atoms with E-state index < -0.39 is 0 Å². The van der Waals surface area contributed by atoms with E-state index in [9.17, 15) is 4.79 Å². The van der Waals surface area contributed by atoms with Gasteiger partial charge in [-0.25, -0.2) is 0 Å². The van der Waals surface area contributed by atoms with Gasteiger partial charge in [-0.3, -0.25) is 9.69 Å². The van der Waals surface area contributed by atoms with Crippen molar-refractivity contribution in [3.63, 3.8) is 0 Å². The number of nitrogens with one attached hydrogen (secondary N) is 1. The lowest BCUT2D eigenvalue weighted by atomic mass is 9.99. The van der Waals surface area contributed by atoms with E-state index in [4.69, 9.17) is 0 Å². The minimum atomic E-state index is -0.0181. The average Bonchev–Trinajstić information content (AvgIpc) is 3.08. The Balaban J connectivity index is 1.73. The van der Waals surface area contributed by atoms with Gasteiger partial charge in [0, 0.05) is 0 Å². The largest absolute Gasteiger partial charge is 0.348 e. The molecule has 1 amide bonds. The van der Waals surface area contributed by atoms with Crippen LogP contribution in [0.4, 0.5) is 0 Å². The highest BCUT2D eigenvalue weighted by atomic mass is 16.2. The monoisotopic (exact) mass is 324 g/mol. The van der Waals surface area contributed by atoms with Gasteiger partial charge in [0.05, 0.1) is 12.1 Å². The van der Waals surface area contributed by atoms with Crippen molar-refractivity contribution < 1.29 is 4.79 Å². The lowest BCUT2D eigenvalue weighted by molar-refractivity contribution is -0.128. The number of hydrogen-bond acceptors (Lipinski definition) is 2. The van der Waals surface area contributed by atoms with Crippen LogP contribution in [0.2, 0.25) is 0 Å². The standard InChI is InChI=1S/C21H28N2O/c1-15(2)20(23-12-6-7-13-23)21(24)22-16(3)18-11-10-17-8-4-5-9-19(17)14-18/h4-5,8-11,14-16,20H,6-7,12-13H2,1-3H3,(H,22,24)/t16-,20+/m0/s1. The van der Waals surface area contributed by atoms with Crippen molar-refractivity contribution >= 4 is 16.7 Å². The number of hydrogen-bond donors (Lipinski definition) is 1. The highest BCUT2D eigenvalue weighted by Gasteiger charge is 2.31. The molecule has 24 heavy (non-hydrogen) atoms. The second-order valence-electron chi connectivity index (χ2n) is 7.27. The first-order valence-corrected chi connectivity index (χ1v) is 9.09. The first kappa shape index (κ1) is 17.0. The Morgan fingerprint density at radius 3 is 2.33 bits per heavy atom. The van der Waals surface area contributed by atoms with Crippen LogP contribution in [0.25, 0.3) is 10.8 Å². The summed E-state index contributed by atoms with van der Waals surface area (Å²) in [5.74, 6) is 0.486. The third-order valence-corrected chi connectivity index (χ3v) is 5.07. The maximum atomic E-state index is 12.9. The molecule has 0 radical (unpaired) electrons. The van der Waals surface area contributed by atoms with Crippen molar-refractivity contribution in [2.24, 2.45) is 5.92 Å². The lowest BCUT2D eigenvalue weighted by Crippen LogP contribution is -2.49. The van der Waals surface area contributed by atoms with Gasteiger partial charge in [0.25, 0.3) is 0 Å². The van der Waals surface area contributed by atoms with Gasteiger partial charge in [-0.15, -0.1) is 0 Å². The van der Waals surface area contributed by atoms with E-state index in [-0.39, 0.29) is 18.0 Å². The van der Waals surface area contributed by atoms with Crippen LogP contribution in [-0.2, 0) is 4.79 Å². The molecule has 2 atom stereocenters. The summed E-state index contributed by atoms with van der Waals surface area (Å²) >= 11 is 0. The van der Waals surface area contributed by atoms with Crippen molar-refractivity contribution in [3.05, 3.63) is 48.0 Å². The number of benzene rings is 2. The maximum Gasteiger partial charge on any atom is 0.238 e. The molecule has 0 spiro atoms. The number of carbonyl (C=O) groups excluding carboxylic acids is 1. The van der Waals surface area contributed by atoms with Crippen LogP contribution in [0.15, 0.2) is 42.5 Å². The van der Waals surface area contributed by atoms with Crippen molar-refractivity contribution in [2.75, 3.05) is 13.1 Å². The van der Waals surface area contributed by atoms with E-state index in [0.29, 0.717) is 5.92 Å². The molecule has 2 aromatic carbocycles. The summed E-state index contributed by atoms with van der Waals surface area (Å²) in [5, 5.41) is 5.69. The number of rotatable bonds is 5. The summed E-state index contributed by atoms with van der Waals surface area (Å²) in [4.78, 5) is 15.2.